The van der Waals surface area contributed by atoms with Crippen LogP contribution in [-0.4, -0.2) is 11.9 Å². The molecule has 0 spiro atoms. The van der Waals surface area contributed by atoms with Gasteiger partial charge in [0, 0.05) is 16.2 Å². The van der Waals surface area contributed by atoms with Crippen LogP contribution in [0.15, 0.2) is 28.7 Å². The molecule has 0 saturated heterocycles. The Morgan fingerprint density at radius 2 is 2.25 bits per heavy atom. The zero-order chi connectivity index (χ0) is 11.5. The van der Waals surface area contributed by atoms with Crippen molar-refractivity contribution >= 4 is 27.5 Å². The Bertz CT molecular complexity index is 394. The first-order valence-corrected chi connectivity index (χ1v) is 6.28. The van der Waals surface area contributed by atoms with Crippen LogP contribution >= 0.6 is 15.9 Å². The van der Waals surface area contributed by atoms with E-state index in [0.717, 1.165) is 29.4 Å². The first-order valence-electron chi connectivity index (χ1n) is 5.49. The number of benzene rings is 1. The third kappa shape index (κ3) is 2.62. The van der Waals surface area contributed by atoms with Crippen LogP contribution in [0.25, 0.3) is 0 Å². The second kappa shape index (κ2) is 4.97. The van der Waals surface area contributed by atoms with Gasteiger partial charge >= 0.3 is 0 Å². The summed E-state index contributed by atoms with van der Waals surface area (Å²) in [6, 6.07) is 7.61. The summed E-state index contributed by atoms with van der Waals surface area (Å²) in [6.45, 7) is 0. The smallest absolute Gasteiger partial charge is 0.229 e. The van der Waals surface area contributed by atoms with E-state index in [-0.39, 0.29) is 17.9 Å². The Morgan fingerprint density at radius 3 is 2.88 bits per heavy atom. The Labute approximate surface area is 104 Å². The number of hydrogen-bond donors (Lipinski definition) is 2. The molecular weight excluding hydrogens is 268 g/mol. The molecule has 0 heterocycles. The fourth-order valence-corrected chi connectivity index (χ4v) is 2.51. The van der Waals surface area contributed by atoms with E-state index in [0.29, 0.717) is 0 Å². The largest absolute Gasteiger partial charge is 0.327 e. The summed E-state index contributed by atoms with van der Waals surface area (Å²) in [7, 11) is 0. The summed E-state index contributed by atoms with van der Waals surface area (Å²) in [5.74, 6) is 0.0158. The minimum atomic E-state index is -0.0287. The van der Waals surface area contributed by atoms with Gasteiger partial charge in [-0.2, -0.15) is 0 Å². The summed E-state index contributed by atoms with van der Waals surface area (Å²) in [6.07, 6.45) is 2.91. The molecule has 2 rings (SSSR count). The number of amides is 1. The number of nitrogens with two attached hydrogens (primary N) is 1. The molecule has 4 heteroatoms. The van der Waals surface area contributed by atoms with Gasteiger partial charge < -0.3 is 11.1 Å². The normalized spacial score (nSPS) is 24.4. The van der Waals surface area contributed by atoms with Gasteiger partial charge in [0.05, 0.1) is 5.92 Å². The lowest BCUT2D eigenvalue weighted by Crippen LogP contribution is -2.34. The maximum absolute atomic E-state index is 11.9. The van der Waals surface area contributed by atoms with Crippen LogP contribution in [0.5, 0.6) is 0 Å². The van der Waals surface area contributed by atoms with Crippen LogP contribution in [0.4, 0.5) is 5.69 Å². The molecule has 1 aromatic carbocycles. The Morgan fingerprint density at radius 1 is 1.44 bits per heavy atom. The van der Waals surface area contributed by atoms with Crippen molar-refractivity contribution in [2.75, 3.05) is 5.32 Å². The monoisotopic (exact) mass is 282 g/mol. The average Bonchev–Trinajstić information content (AvgIpc) is 2.64. The molecule has 86 valence electrons. The molecule has 3 nitrogen and oxygen atoms in total. The molecular formula is C12H15BrN2O. The van der Waals surface area contributed by atoms with Crippen molar-refractivity contribution < 1.29 is 4.79 Å². The number of hydrogen-bond acceptors (Lipinski definition) is 2. The lowest BCUT2D eigenvalue weighted by atomic mass is 10.0. The van der Waals surface area contributed by atoms with Gasteiger partial charge in [0.25, 0.3) is 0 Å². The van der Waals surface area contributed by atoms with Gasteiger partial charge in [-0.05, 0) is 31.0 Å². The lowest BCUT2D eigenvalue weighted by molar-refractivity contribution is -0.120. The zero-order valence-corrected chi connectivity index (χ0v) is 10.5. The molecule has 2 unspecified atom stereocenters. The van der Waals surface area contributed by atoms with Gasteiger partial charge in [0.1, 0.15) is 0 Å². The molecule has 1 saturated carbocycles. The highest BCUT2D eigenvalue weighted by Gasteiger charge is 2.30. The minimum absolute atomic E-state index is 0.0205. The molecule has 2 atom stereocenters. The second-order valence-electron chi connectivity index (χ2n) is 4.20. The molecule has 1 aliphatic rings. The number of carbonyl (C=O) groups is 1. The van der Waals surface area contributed by atoms with E-state index in [1.165, 1.54) is 0 Å². The minimum Gasteiger partial charge on any atom is -0.327 e. The van der Waals surface area contributed by atoms with E-state index >= 15 is 0 Å². The van der Waals surface area contributed by atoms with Gasteiger partial charge in [-0.1, -0.05) is 28.4 Å². The van der Waals surface area contributed by atoms with E-state index in [2.05, 4.69) is 21.2 Å². The predicted molar refractivity (Wildman–Crippen MR) is 68.1 cm³/mol. The van der Waals surface area contributed by atoms with E-state index < -0.39 is 0 Å². The first kappa shape index (κ1) is 11.6. The molecule has 1 aromatic rings. The molecule has 0 radical (unpaired) electrons. The molecule has 0 bridgehead atoms. The van der Waals surface area contributed by atoms with Gasteiger partial charge in [-0.3, -0.25) is 4.79 Å². The van der Waals surface area contributed by atoms with Crippen LogP contribution < -0.4 is 11.1 Å². The van der Waals surface area contributed by atoms with Crippen LogP contribution in [0.1, 0.15) is 19.3 Å². The van der Waals surface area contributed by atoms with Crippen LogP contribution in [0, 0.1) is 5.92 Å². The van der Waals surface area contributed by atoms with Crippen molar-refractivity contribution in [3.8, 4) is 0 Å². The highest BCUT2D eigenvalue weighted by molar-refractivity contribution is 9.10. The maximum Gasteiger partial charge on any atom is 0.229 e. The quantitative estimate of drug-likeness (QED) is 0.876. The Balaban J connectivity index is 2.02. The van der Waals surface area contributed by atoms with E-state index in [1.54, 1.807) is 0 Å². The van der Waals surface area contributed by atoms with Crippen molar-refractivity contribution in [3.63, 3.8) is 0 Å². The number of carbonyl (C=O) groups excluding carboxylic acids is 1. The number of halogens is 1. The maximum atomic E-state index is 11.9. The summed E-state index contributed by atoms with van der Waals surface area (Å²) in [4.78, 5) is 11.9. The van der Waals surface area contributed by atoms with E-state index in [9.17, 15) is 4.79 Å². The van der Waals surface area contributed by atoms with Gasteiger partial charge in [-0.15, -0.1) is 0 Å². The van der Waals surface area contributed by atoms with Crippen molar-refractivity contribution in [3.05, 3.63) is 28.7 Å². The van der Waals surface area contributed by atoms with Gasteiger partial charge in [-0.25, -0.2) is 0 Å². The van der Waals surface area contributed by atoms with E-state index in [1.807, 2.05) is 24.3 Å². The molecule has 16 heavy (non-hydrogen) atoms. The summed E-state index contributed by atoms with van der Waals surface area (Å²) in [5, 5.41) is 2.91. The average molecular weight is 283 g/mol. The Hall–Kier alpha value is -0.870. The Kier molecular flexibility index (Phi) is 3.61. The van der Waals surface area contributed by atoms with Gasteiger partial charge in [0.2, 0.25) is 5.91 Å². The molecule has 1 amide bonds. The summed E-state index contributed by atoms with van der Waals surface area (Å²) in [5.41, 5.74) is 6.71. The van der Waals surface area contributed by atoms with Crippen molar-refractivity contribution in [2.24, 2.45) is 11.7 Å². The SMILES string of the molecule is NC1CCCC1C(=O)Nc1cccc(Br)c1. The lowest BCUT2D eigenvalue weighted by Gasteiger charge is -2.15. The molecule has 1 fully saturated rings. The highest BCUT2D eigenvalue weighted by Crippen LogP contribution is 2.25. The number of nitrogens with one attached hydrogen (secondary N) is 1. The molecule has 3 N–H and O–H groups in total. The second-order valence-corrected chi connectivity index (χ2v) is 5.12. The molecule has 0 aromatic heterocycles. The number of rotatable bonds is 2. The highest BCUT2D eigenvalue weighted by atomic mass is 79.9. The summed E-state index contributed by atoms with van der Waals surface area (Å²) >= 11 is 3.37. The van der Waals surface area contributed by atoms with Crippen molar-refractivity contribution in [1.82, 2.24) is 0 Å². The molecule has 1 aliphatic carbocycles. The topological polar surface area (TPSA) is 55.1 Å². The summed E-state index contributed by atoms with van der Waals surface area (Å²) < 4.78 is 0.959. The van der Waals surface area contributed by atoms with Crippen LogP contribution in [0.3, 0.4) is 0 Å². The van der Waals surface area contributed by atoms with Crippen molar-refractivity contribution in [2.45, 2.75) is 25.3 Å². The predicted octanol–water partition coefficient (Wildman–Crippen LogP) is 2.52. The standard InChI is InChI=1S/C12H15BrN2O/c13-8-3-1-4-9(7-8)15-12(16)10-5-2-6-11(10)14/h1,3-4,7,10-11H,2,5-6,14H2,(H,15,16). The zero-order valence-electron chi connectivity index (χ0n) is 8.95. The van der Waals surface area contributed by atoms with Crippen LogP contribution in [0.2, 0.25) is 0 Å². The third-order valence-corrected chi connectivity index (χ3v) is 3.49. The van der Waals surface area contributed by atoms with E-state index in [4.69, 9.17) is 5.73 Å². The molecule has 0 aliphatic heterocycles. The van der Waals surface area contributed by atoms with Crippen molar-refractivity contribution in [1.29, 1.82) is 0 Å². The number of anilines is 1. The van der Waals surface area contributed by atoms with Gasteiger partial charge in [0.15, 0.2) is 0 Å². The first-order chi connectivity index (χ1) is 7.66. The third-order valence-electron chi connectivity index (χ3n) is 3.00. The fourth-order valence-electron chi connectivity index (χ4n) is 2.12. The fraction of sp³-hybridized carbons (Fsp3) is 0.417. The van der Waals surface area contributed by atoms with Crippen LogP contribution in [-0.2, 0) is 4.79 Å².